The van der Waals surface area contributed by atoms with E-state index >= 15 is 0 Å². The highest BCUT2D eigenvalue weighted by Gasteiger charge is 2.17. The second kappa shape index (κ2) is 7.65. The maximum atomic E-state index is 11.6. The van der Waals surface area contributed by atoms with Crippen LogP contribution in [0.5, 0.6) is 0 Å². The summed E-state index contributed by atoms with van der Waals surface area (Å²) in [5.41, 5.74) is 5.68. The van der Waals surface area contributed by atoms with Gasteiger partial charge in [0.05, 0.1) is 6.04 Å². The molecular formula is C11H25N3O. The maximum Gasteiger partial charge on any atom is 0.237 e. The molecule has 0 bridgehead atoms. The molecule has 15 heavy (non-hydrogen) atoms. The van der Waals surface area contributed by atoms with Gasteiger partial charge in [0.25, 0.3) is 0 Å². The highest BCUT2D eigenvalue weighted by molar-refractivity contribution is 5.81. The molecule has 0 aromatic heterocycles. The summed E-state index contributed by atoms with van der Waals surface area (Å²) >= 11 is 0. The van der Waals surface area contributed by atoms with Crippen molar-refractivity contribution >= 4 is 5.91 Å². The second-order valence-electron chi connectivity index (χ2n) is 4.24. The van der Waals surface area contributed by atoms with E-state index in [2.05, 4.69) is 12.2 Å². The lowest BCUT2D eigenvalue weighted by Crippen LogP contribution is -2.46. The van der Waals surface area contributed by atoms with Crippen LogP contribution in [0.1, 0.15) is 33.6 Å². The number of nitrogens with zero attached hydrogens (tertiary/aromatic N) is 1. The van der Waals surface area contributed by atoms with Gasteiger partial charge in [-0.3, -0.25) is 9.69 Å². The van der Waals surface area contributed by atoms with E-state index < -0.39 is 0 Å². The summed E-state index contributed by atoms with van der Waals surface area (Å²) in [6, 6.07) is -0.00579. The molecule has 4 heteroatoms. The van der Waals surface area contributed by atoms with Crippen LogP contribution >= 0.6 is 0 Å². The van der Waals surface area contributed by atoms with Crippen LogP contribution in [-0.4, -0.2) is 43.0 Å². The van der Waals surface area contributed by atoms with E-state index in [1.165, 1.54) is 0 Å². The van der Waals surface area contributed by atoms with Gasteiger partial charge in [0.1, 0.15) is 0 Å². The molecule has 0 radical (unpaired) electrons. The van der Waals surface area contributed by atoms with Crippen LogP contribution in [0.25, 0.3) is 0 Å². The van der Waals surface area contributed by atoms with Crippen LogP contribution < -0.4 is 11.1 Å². The van der Waals surface area contributed by atoms with E-state index in [9.17, 15) is 4.79 Å². The van der Waals surface area contributed by atoms with Crippen LogP contribution in [-0.2, 0) is 4.79 Å². The summed E-state index contributed by atoms with van der Waals surface area (Å²) in [4.78, 5) is 13.6. The topological polar surface area (TPSA) is 58.4 Å². The Morgan fingerprint density at radius 1 is 1.47 bits per heavy atom. The van der Waals surface area contributed by atoms with Crippen LogP contribution in [0, 0.1) is 0 Å². The Labute approximate surface area is 93.2 Å². The number of amides is 1. The highest BCUT2D eigenvalue weighted by atomic mass is 16.2. The van der Waals surface area contributed by atoms with Crippen molar-refractivity contribution in [1.29, 1.82) is 0 Å². The lowest BCUT2D eigenvalue weighted by molar-refractivity contribution is -0.125. The number of nitrogens with one attached hydrogen (secondary N) is 1. The standard InChI is InChI=1S/C11H25N3O/c1-5-6-7-13-11(15)10(3)14(4)8-9(2)12/h9-10H,5-8,12H2,1-4H3,(H,13,15). The molecular weight excluding hydrogens is 190 g/mol. The average Bonchev–Trinajstić information content (AvgIpc) is 2.15. The third-order valence-corrected chi connectivity index (χ3v) is 2.45. The van der Waals surface area contributed by atoms with E-state index in [1.807, 2.05) is 25.8 Å². The smallest absolute Gasteiger partial charge is 0.237 e. The molecule has 0 aromatic rings. The Balaban J connectivity index is 3.85. The van der Waals surface area contributed by atoms with Crippen LogP contribution in [0.15, 0.2) is 0 Å². The van der Waals surface area contributed by atoms with Crippen LogP contribution in [0.3, 0.4) is 0 Å². The lowest BCUT2D eigenvalue weighted by atomic mass is 10.2. The van der Waals surface area contributed by atoms with Crippen molar-refractivity contribution in [3.63, 3.8) is 0 Å². The third kappa shape index (κ3) is 6.47. The number of unbranched alkanes of at least 4 members (excludes halogenated alkanes) is 1. The fourth-order valence-corrected chi connectivity index (χ4v) is 1.35. The van der Waals surface area contributed by atoms with Crippen molar-refractivity contribution in [2.75, 3.05) is 20.1 Å². The molecule has 0 saturated carbocycles. The van der Waals surface area contributed by atoms with E-state index in [0.717, 1.165) is 25.9 Å². The molecule has 0 fully saturated rings. The first-order valence-corrected chi connectivity index (χ1v) is 5.72. The Hall–Kier alpha value is -0.610. The number of hydrogen-bond acceptors (Lipinski definition) is 3. The normalized spacial score (nSPS) is 15.1. The molecule has 0 aromatic carbocycles. The molecule has 3 N–H and O–H groups in total. The van der Waals surface area contributed by atoms with Gasteiger partial charge in [-0.05, 0) is 27.3 Å². The molecule has 1 amide bonds. The summed E-state index contributed by atoms with van der Waals surface area (Å²) in [5, 5.41) is 2.92. The van der Waals surface area contributed by atoms with Crippen molar-refractivity contribution in [1.82, 2.24) is 10.2 Å². The summed E-state index contributed by atoms with van der Waals surface area (Å²) < 4.78 is 0. The number of hydrogen-bond donors (Lipinski definition) is 2. The maximum absolute atomic E-state index is 11.6. The van der Waals surface area contributed by atoms with Crippen molar-refractivity contribution < 1.29 is 4.79 Å². The highest BCUT2D eigenvalue weighted by Crippen LogP contribution is 1.97. The molecule has 90 valence electrons. The number of carbonyl (C=O) groups is 1. The minimum Gasteiger partial charge on any atom is -0.355 e. The molecule has 2 atom stereocenters. The van der Waals surface area contributed by atoms with Gasteiger partial charge in [-0.15, -0.1) is 0 Å². The van der Waals surface area contributed by atoms with Gasteiger partial charge in [-0.25, -0.2) is 0 Å². The Morgan fingerprint density at radius 2 is 2.07 bits per heavy atom. The number of rotatable bonds is 7. The van der Waals surface area contributed by atoms with Crippen molar-refractivity contribution in [2.45, 2.75) is 45.7 Å². The summed E-state index contributed by atoms with van der Waals surface area (Å²) in [7, 11) is 1.92. The fraction of sp³-hybridized carbons (Fsp3) is 0.909. The van der Waals surface area contributed by atoms with Gasteiger partial charge in [0.2, 0.25) is 5.91 Å². The minimum absolute atomic E-state index is 0.0894. The SMILES string of the molecule is CCCCNC(=O)C(C)N(C)CC(C)N. The number of likely N-dealkylation sites (N-methyl/N-ethyl adjacent to an activating group) is 1. The number of carbonyl (C=O) groups excluding carboxylic acids is 1. The van der Waals surface area contributed by atoms with E-state index in [4.69, 9.17) is 5.73 Å². The van der Waals surface area contributed by atoms with E-state index in [1.54, 1.807) is 0 Å². The lowest BCUT2D eigenvalue weighted by Gasteiger charge is -2.25. The molecule has 0 rings (SSSR count). The largest absolute Gasteiger partial charge is 0.355 e. The molecule has 2 unspecified atom stereocenters. The Bertz CT molecular complexity index is 183. The molecule has 0 spiro atoms. The van der Waals surface area contributed by atoms with Crippen molar-refractivity contribution in [3.05, 3.63) is 0 Å². The Morgan fingerprint density at radius 3 is 2.53 bits per heavy atom. The van der Waals surface area contributed by atoms with Gasteiger partial charge in [0.15, 0.2) is 0 Å². The van der Waals surface area contributed by atoms with Gasteiger partial charge in [-0.1, -0.05) is 13.3 Å². The molecule has 4 nitrogen and oxygen atoms in total. The third-order valence-electron chi connectivity index (χ3n) is 2.45. The predicted molar refractivity (Wildman–Crippen MR) is 63.7 cm³/mol. The van der Waals surface area contributed by atoms with Gasteiger partial charge in [0, 0.05) is 19.1 Å². The second-order valence-corrected chi connectivity index (χ2v) is 4.24. The van der Waals surface area contributed by atoms with Gasteiger partial charge < -0.3 is 11.1 Å². The number of nitrogens with two attached hydrogens (primary N) is 1. The average molecular weight is 215 g/mol. The molecule has 0 aliphatic carbocycles. The van der Waals surface area contributed by atoms with Crippen molar-refractivity contribution in [2.24, 2.45) is 5.73 Å². The van der Waals surface area contributed by atoms with E-state index in [-0.39, 0.29) is 18.0 Å². The first-order valence-electron chi connectivity index (χ1n) is 5.72. The van der Waals surface area contributed by atoms with E-state index in [0.29, 0.717) is 0 Å². The first-order chi connectivity index (χ1) is 6.99. The summed E-state index contributed by atoms with van der Waals surface area (Å²) in [6.45, 7) is 7.47. The zero-order valence-corrected chi connectivity index (χ0v) is 10.4. The first kappa shape index (κ1) is 14.4. The van der Waals surface area contributed by atoms with Crippen molar-refractivity contribution in [3.8, 4) is 0 Å². The van der Waals surface area contributed by atoms with Crippen LogP contribution in [0.2, 0.25) is 0 Å². The Kier molecular flexibility index (Phi) is 7.34. The zero-order valence-electron chi connectivity index (χ0n) is 10.4. The quantitative estimate of drug-likeness (QED) is 0.610. The monoisotopic (exact) mass is 215 g/mol. The fourth-order valence-electron chi connectivity index (χ4n) is 1.35. The zero-order chi connectivity index (χ0) is 11.8. The predicted octanol–water partition coefficient (Wildman–Crippen LogP) is 0.570. The molecule has 0 saturated heterocycles. The molecule has 0 aliphatic rings. The summed E-state index contributed by atoms with van der Waals surface area (Å²) in [6.07, 6.45) is 2.14. The van der Waals surface area contributed by atoms with Crippen LogP contribution in [0.4, 0.5) is 0 Å². The minimum atomic E-state index is -0.104. The molecule has 0 aliphatic heterocycles. The van der Waals surface area contributed by atoms with Gasteiger partial charge in [-0.2, -0.15) is 0 Å². The summed E-state index contributed by atoms with van der Waals surface area (Å²) in [5.74, 6) is 0.0894. The molecule has 0 heterocycles. The van der Waals surface area contributed by atoms with Gasteiger partial charge >= 0.3 is 0 Å².